The molecule has 0 aliphatic heterocycles. The highest BCUT2D eigenvalue weighted by atomic mass is 15.0. The van der Waals surface area contributed by atoms with Crippen molar-refractivity contribution in [1.29, 1.82) is 0 Å². The number of benzene rings is 5. The molecule has 200 valence electrons. The number of nitrogens with zero attached hydrogens (tertiary/aromatic N) is 4. The molecular formula is C38H28N4. The molecule has 0 spiro atoms. The summed E-state index contributed by atoms with van der Waals surface area (Å²) in [4.78, 5) is 14.7. The van der Waals surface area contributed by atoms with Gasteiger partial charge in [0.2, 0.25) is 0 Å². The minimum atomic E-state index is -0.132. The summed E-state index contributed by atoms with van der Waals surface area (Å²) in [6.07, 6.45) is 0. The van der Waals surface area contributed by atoms with Crippen molar-refractivity contribution in [3.8, 4) is 51.0 Å². The molecule has 4 nitrogen and oxygen atoms in total. The summed E-state index contributed by atoms with van der Waals surface area (Å²) < 4.78 is 2.44. The van der Waals surface area contributed by atoms with Gasteiger partial charge in [0.05, 0.1) is 5.52 Å². The Morgan fingerprint density at radius 1 is 0.500 bits per heavy atom. The van der Waals surface area contributed by atoms with Crippen LogP contribution in [0.25, 0.3) is 61.9 Å². The smallest absolute Gasteiger partial charge is 0.164 e. The van der Waals surface area contributed by atoms with Gasteiger partial charge in [-0.05, 0) is 41.5 Å². The van der Waals surface area contributed by atoms with Crippen LogP contribution >= 0.6 is 0 Å². The third-order valence-electron chi connectivity index (χ3n) is 8.42. The average molecular weight is 541 g/mol. The summed E-state index contributed by atoms with van der Waals surface area (Å²) in [6.45, 7) is 4.67. The first-order valence-electron chi connectivity index (χ1n) is 14.3. The number of hydrogen-bond donors (Lipinski definition) is 0. The first-order valence-corrected chi connectivity index (χ1v) is 14.3. The van der Waals surface area contributed by atoms with E-state index in [-0.39, 0.29) is 5.41 Å². The number of aromatic nitrogens is 4. The monoisotopic (exact) mass is 540 g/mol. The summed E-state index contributed by atoms with van der Waals surface area (Å²) in [5.41, 5.74) is 10.5. The lowest BCUT2D eigenvalue weighted by Crippen LogP contribution is -2.19. The Bertz CT molecular complexity index is 2030. The van der Waals surface area contributed by atoms with E-state index in [2.05, 4.69) is 91.2 Å². The molecular weight excluding hydrogens is 512 g/mol. The van der Waals surface area contributed by atoms with Crippen LogP contribution in [0.3, 0.4) is 0 Å². The quantitative estimate of drug-likeness (QED) is 0.224. The molecule has 5 aromatic carbocycles. The highest BCUT2D eigenvalue weighted by Gasteiger charge is 2.40. The van der Waals surface area contributed by atoms with Crippen molar-refractivity contribution >= 4 is 10.9 Å². The zero-order valence-corrected chi connectivity index (χ0v) is 23.5. The Morgan fingerprint density at radius 2 is 1.00 bits per heavy atom. The van der Waals surface area contributed by atoms with Crippen LogP contribution in [0.15, 0.2) is 133 Å². The molecule has 0 saturated heterocycles. The fourth-order valence-corrected chi connectivity index (χ4v) is 6.44. The van der Waals surface area contributed by atoms with Gasteiger partial charge in [0.1, 0.15) is 0 Å². The zero-order valence-electron chi connectivity index (χ0n) is 23.5. The van der Waals surface area contributed by atoms with Gasteiger partial charge < -0.3 is 4.57 Å². The van der Waals surface area contributed by atoms with Gasteiger partial charge in [0.15, 0.2) is 17.5 Å². The van der Waals surface area contributed by atoms with Crippen LogP contribution in [0.5, 0.6) is 0 Å². The van der Waals surface area contributed by atoms with Crippen LogP contribution in [0.4, 0.5) is 0 Å². The van der Waals surface area contributed by atoms with E-state index in [0.29, 0.717) is 17.5 Å². The lowest BCUT2D eigenvalue weighted by molar-refractivity contribution is 0.624. The van der Waals surface area contributed by atoms with Gasteiger partial charge in [-0.2, -0.15) is 0 Å². The molecule has 1 aliphatic rings. The Morgan fingerprint density at radius 3 is 1.62 bits per heavy atom. The maximum atomic E-state index is 4.92. The van der Waals surface area contributed by atoms with E-state index in [1.807, 2.05) is 60.7 Å². The molecule has 4 heteroatoms. The van der Waals surface area contributed by atoms with E-state index >= 15 is 0 Å². The Kier molecular flexibility index (Phi) is 5.44. The van der Waals surface area contributed by atoms with Crippen LogP contribution in [0, 0.1) is 0 Å². The first kappa shape index (κ1) is 24.4. The number of rotatable bonds is 4. The molecule has 0 N–H and O–H groups in total. The maximum absolute atomic E-state index is 4.92. The van der Waals surface area contributed by atoms with Gasteiger partial charge >= 0.3 is 0 Å². The summed E-state index contributed by atoms with van der Waals surface area (Å²) in [5, 5.41) is 1.28. The van der Waals surface area contributed by atoms with E-state index in [1.165, 1.54) is 33.3 Å². The van der Waals surface area contributed by atoms with Crippen LogP contribution in [0.1, 0.15) is 25.1 Å². The first-order chi connectivity index (χ1) is 20.6. The third-order valence-corrected chi connectivity index (χ3v) is 8.42. The lowest BCUT2D eigenvalue weighted by Gasteiger charge is -2.24. The van der Waals surface area contributed by atoms with E-state index in [9.17, 15) is 0 Å². The second-order valence-electron chi connectivity index (χ2n) is 11.3. The molecule has 8 rings (SSSR count). The van der Waals surface area contributed by atoms with E-state index in [0.717, 1.165) is 22.4 Å². The van der Waals surface area contributed by atoms with E-state index in [1.54, 1.807) is 0 Å². The van der Waals surface area contributed by atoms with Crippen molar-refractivity contribution in [2.75, 3.05) is 0 Å². The molecule has 0 unspecified atom stereocenters. The predicted octanol–water partition coefficient (Wildman–Crippen LogP) is 9.12. The fourth-order valence-electron chi connectivity index (χ4n) is 6.44. The molecule has 0 amide bonds. The van der Waals surface area contributed by atoms with Crippen molar-refractivity contribution in [2.45, 2.75) is 19.3 Å². The summed E-state index contributed by atoms with van der Waals surface area (Å²) >= 11 is 0. The molecule has 0 saturated carbocycles. The van der Waals surface area contributed by atoms with Gasteiger partial charge in [-0.3, -0.25) is 0 Å². The molecule has 42 heavy (non-hydrogen) atoms. The van der Waals surface area contributed by atoms with E-state index < -0.39 is 0 Å². The molecule has 0 atom stereocenters. The number of hydrogen-bond acceptors (Lipinski definition) is 3. The summed E-state index contributed by atoms with van der Waals surface area (Å²) in [5.74, 6) is 1.99. The van der Waals surface area contributed by atoms with Crippen molar-refractivity contribution < 1.29 is 0 Å². The molecule has 0 fully saturated rings. The average Bonchev–Trinajstić information content (AvgIpc) is 3.52. The SMILES string of the molecule is CC1(C)c2ccccc2-c2c1n(-c1ccc(-c3nc(-c4ccccc4)nc(-c4ccccc4)n3)cc1)c1ccccc21. The highest BCUT2D eigenvalue weighted by molar-refractivity contribution is 6.03. The normalized spacial score (nSPS) is 13.2. The van der Waals surface area contributed by atoms with Gasteiger partial charge in [0.25, 0.3) is 0 Å². The topological polar surface area (TPSA) is 43.6 Å². The molecule has 2 heterocycles. The molecule has 2 aromatic heterocycles. The highest BCUT2D eigenvalue weighted by Crippen LogP contribution is 2.53. The van der Waals surface area contributed by atoms with Crippen LogP contribution in [-0.4, -0.2) is 19.5 Å². The second kappa shape index (κ2) is 9.35. The second-order valence-corrected chi connectivity index (χ2v) is 11.3. The molecule has 0 radical (unpaired) electrons. The van der Waals surface area contributed by atoms with Crippen molar-refractivity contribution in [2.24, 2.45) is 0 Å². The predicted molar refractivity (Wildman–Crippen MR) is 171 cm³/mol. The van der Waals surface area contributed by atoms with Gasteiger partial charge in [-0.1, -0.05) is 117 Å². The van der Waals surface area contributed by atoms with Crippen LogP contribution in [0.2, 0.25) is 0 Å². The van der Waals surface area contributed by atoms with Crippen molar-refractivity contribution in [3.05, 3.63) is 145 Å². The summed E-state index contributed by atoms with van der Waals surface area (Å²) in [6, 6.07) is 46.4. The van der Waals surface area contributed by atoms with Crippen molar-refractivity contribution in [3.63, 3.8) is 0 Å². The molecule has 7 aromatic rings. The maximum Gasteiger partial charge on any atom is 0.164 e. The van der Waals surface area contributed by atoms with Crippen LogP contribution < -0.4 is 0 Å². The standard InChI is InChI=1S/C38H28N4/c1-38(2)31-19-11-9-17-29(31)33-30-18-10-12-20-32(30)42(34(33)38)28-23-21-27(22-24-28)37-40-35(25-13-5-3-6-14-25)39-36(41-37)26-15-7-4-8-16-26/h3-24H,1-2H3. The molecule has 0 bridgehead atoms. The lowest BCUT2D eigenvalue weighted by atomic mass is 9.85. The Balaban J connectivity index is 1.28. The van der Waals surface area contributed by atoms with E-state index in [4.69, 9.17) is 15.0 Å². The van der Waals surface area contributed by atoms with Gasteiger partial charge in [-0.25, -0.2) is 15.0 Å². The van der Waals surface area contributed by atoms with Crippen molar-refractivity contribution in [1.82, 2.24) is 19.5 Å². The minimum Gasteiger partial charge on any atom is -0.312 e. The largest absolute Gasteiger partial charge is 0.312 e. The fraction of sp³-hybridized carbons (Fsp3) is 0.0789. The summed E-state index contributed by atoms with van der Waals surface area (Å²) in [7, 11) is 0. The molecule has 1 aliphatic carbocycles. The van der Waals surface area contributed by atoms with Gasteiger partial charge in [0, 0.05) is 44.4 Å². The number of fused-ring (bicyclic) bond motifs is 5. The number of para-hydroxylation sites is 1. The third kappa shape index (κ3) is 3.72. The zero-order chi connectivity index (χ0) is 28.3. The Labute approximate surface area is 245 Å². The van der Waals surface area contributed by atoms with Gasteiger partial charge in [-0.15, -0.1) is 0 Å². The minimum absolute atomic E-state index is 0.132. The Hall–Kier alpha value is -5.35. The van der Waals surface area contributed by atoms with Crippen LogP contribution in [-0.2, 0) is 5.41 Å².